The van der Waals surface area contributed by atoms with E-state index in [2.05, 4.69) is 35.6 Å². The molecule has 3 amide bonds. The minimum Gasteiger partial charge on any atom is -0.400 e. The molecule has 14 heteroatoms. The molecule has 0 atom stereocenters. The third kappa shape index (κ3) is 14.3. The lowest BCUT2D eigenvalue weighted by atomic mass is 10.3. The van der Waals surface area contributed by atoms with Gasteiger partial charge < -0.3 is 39.9 Å². The summed E-state index contributed by atoms with van der Waals surface area (Å²) in [6.07, 6.45) is 8.37. The number of aliphatic hydroxyl groups excluding tert-OH is 1. The number of hydrogen-bond donors (Lipinski definition) is 5. The monoisotopic (exact) mass is 550 g/mol. The molecule has 0 aliphatic rings. The van der Waals surface area contributed by atoms with Crippen LogP contribution in [0.3, 0.4) is 0 Å². The van der Waals surface area contributed by atoms with Crippen LogP contribution in [0, 0.1) is 0 Å². The van der Waals surface area contributed by atoms with Gasteiger partial charge in [-0.1, -0.05) is 20.8 Å². The Morgan fingerprint density at radius 3 is 2.23 bits per heavy atom. The Balaban J connectivity index is 0. The molecule has 0 spiro atoms. The maximum absolute atomic E-state index is 11.9. The summed E-state index contributed by atoms with van der Waals surface area (Å²) < 4.78 is 7.69. The molecule has 0 aromatic carbocycles. The number of methoxy groups -OCH3 is 1. The smallest absolute Gasteiger partial charge is 0.291 e. The minimum atomic E-state index is -0.322. The summed E-state index contributed by atoms with van der Waals surface area (Å²) in [5.41, 5.74) is 0.938. The summed E-state index contributed by atoms with van der Waals surface area (Å²) in [6, 6.07) is 1.59. The minimum absolute atomic E-state index is 0.190. The van der Waals surface area contributed by atoms with E-state index in [1.165, 1.54) is 4.57 Å². The lowest BCUT2D eigenvalue weighted by Gasteiger charge is -2.02. The van der Waals surface area contributed by atoms with Gasteiger partial charge in [-0.25, -0.2) is 9.97 Å². The number of nitrogens with zero attached hydrogens (tertiary/aromatic N) is 4. The number of aldehydes is 1. The van der Waals surface area contributed by atoms with E-state index < -0.39 is 0 Å². The van der Waals surface area contributed by atoms with Crippen LogP contribution in [0.25, 0.3) is 0 Å². The highest BCUT2D eigenvalue weighted by Gasteiger charge is 2.13. The molecule has 3 rings (SSSR count). The van der Waals surface area contributed by atoms with E-state index >= 15 is 0 Å². The first-order valence-electron chi connectivity index (χ1n) is 12.2. The Labute approximate surface area is 229 Å². The Bertz CT molecular complexity index is 1090. The van der Waals surface area contributed by atoms with E-state index in [0.29, 0.717) is 42.3 Å². The standard InChI is InChI=1S/C13H17N5O2.C6H7N3O2.C3H8O.C2H6.CH4O/c1-3-4-15-12(19)10-7-9(8-16-10)17-13(20)11-14-5-6-18(11)2;1-9-2-5(7-4-11)8-6(9)3-10;1-3-4-2;2*1-2/h5-8,16H,3-4H2,1-2H3,(H,15,19)(H,17,20);2-4H,1H3,(H,7,11);3H2,1-2H3;1-2H3;2H,1H3. The van der Waals surface area contributed by atoms with Gasteiger partial charge in [-0.15, -0.1) is 0 Å². The van der Waals surface area contributed by atoms with Gasteiger partial charge in [0, 0.05) is 66.3 Å². The Kier molecular flexibility index (Phi) is 21.6. The van der Waals surface area contributed by atoms with Crippen molar-refractivity contribution in [3.05, 3.63) is 48.2 Å². The van der Waals surface area contributed by atoms with Crippen molar-refractivity contribution in [2.45, 2.75) is 34.1 Å². The fourth-order valence-corrected chi connectivity index (χ4v) is 2.42. The van der Waals surface area contributed by atoms with Gasteiger partial charge in [-0.05, 0) is 19.4 Å². The first-order valence-corrected chi connectivity index (χ1v) is 12.2. The SMILES string of the molecule is CC.CCCNC(=O)c1cc(NC(=O)c2nccn2C)c[nH]1.CCOC.CO.Cn1cc(NC=O)nc1C=O. The number of aliphatic hydroxyl groups is 1. The van der Waals surface area contributed by atoms with Gasteiger partial charge in [0.2, 0.25) is 6.41 Å². The Hall–Kier alpha value is -4.30. The molecule has 0 bridgehead atoms. The number of ether oxygens (including phenoxy) is 1. The normalized spacial score (nSPS) is 8.95. The number of aryl methyl sites for hydroxylation is 2. The van der Waals surface area contributed by atoms with Crippen molar-refractivity contribution in [1.82, 2.24) is 29.4 Å². The average Bonchev–Trinajstić information content (AvgIpc) is 3.70. The third-order valence-electron chi connectivity index (χ3n) is 4.26. The summed E-state index contributed by atoms with van der Waals surface area (Å²) in [5.74, 6) is 0.462. The van der Waals surface area contributed by atoms with Gasteiger partial charge >= 0.3 is 0 Å². The van der Waals surface area contributed by atoms with Crippen molar-refractivity contribution in [1.29, 1.82) is 0 Å². The topological polar surface area (TPSA) is 185 Å². The zero-order valence-electron chi connectivity index (χ0n) is 23.9. The van der Waals surface area contributed by atoms with E-state index in [0.717, 1.165) is 20.1 Å². The summed E-state index contributed by atoms with van der Waals surface area (Å²) in [7, 11) is 6.09. The highest BCUT2D eigenvalue weighted by atomic mass is 16.5. The number of anilines is 2. The number of carbonyl (C=O) groups excluding carboxylic acids is 4. The van der Waals surface area contributed by atoms with Crippen molar-refractivity contribution in [2.75, 3.05) is 38.0 Å². The zero-order chi connectivity index (χ0) is 30.2. The number of aromatic amines is 1. The quantitative estimate of drug-likeness (QED) is 0.251. The molecule has 3 aromatic heterocycles. The van der Waals surface area contributed by atoms with Crippen LogP contribution in [0.5, 0.6) is 0 Å². The Morgan fingerprint density at radius 1 is 1.13 bits per heavy atom. The summed E-state index contributed by atoms with van der Waals surface area (Å²) >= 11 is 0. The molecule has 0 saturated carbocycles. The van der Waals surface area contributed by atoms with Crippen LogP contribution in [0.2, 0.25) is 0 Å². The second-order valence-corrected chi connectivity index (χ2v) is 6.93. The molecule has 218 valence electrons. The summed E-state index contributed by atoms with van der Waals surface area (Å²) in [6.45, 7) is 9.38. The van der Waals surface area contributed by atoms with E-state index in [-0.39, 0.29) is 17.6 Å². The molecule has 0 fully saturated rings. The van der Waals surface area contributed by atoms with Crippen LogP contribution in [-0.4, -0.2) is 81.1 Å². The molecule has 14 nitrogen and oxygen atoms in total. The van der Waals surface area contributed by atoms with Gasteiger partial charge in [0.05, 0.1) is 5.69 Å². The molecule has 3 heterocycles. The average molecular weight is 551 g/mol. The number of nitrogens with one attached hydrogen (secondary N) is 4. The van der Waals surface area contributed by atoms with Crippen molar-refractivity contribution >= 4 is 36.0 Å². The predicted molar refractivity (Wildman–Crippen MR) is 150 cm³/mol. The third-order valence-corrected chi connectivity index (χ3v) is 4.26. The second-order valence-electron chi connectivity index (χ2n) is 6.93. The predicted octanol–water partition coefficient (Wildman–Crippen LogP) is 2.23. The Morgan fingerprint density at radius 2 is 1.77 bits per heavy atom. The van der Waals surface area contributed by atoms with Crippen LogP contribution in [0.4, 0.5) is 11.5 Å². The first-order chi connectivity index (χ1) is 18.8. The molecule has 0 radical (unpaired) electrons. The number of aromatic nitrogens is 5. The van der Waals surface area contributed by atoms with Crippen LogP contribution >= 0.6 is 0 Å². The number of H-pyrrole nitrogens is 1. The number of amides is 3. The van der Waals surface area contributed by atoms with Crippen LogP contribution < -0.4 is 16.0 Å². The fraction of sp³-hybridized carbons (Fsp3) is 0.440. The zero-order valence-corrected chi connectivity index (χ0v) is 23.9. The van der Waals surface area contributed by atoms with E-state index in [1.807, 2.05) is 27.7 Å². The number of imidazole rings is 2. The van der Waals surface area contributed by atoms with Crippen molar-refractivity contribution in [3.63, 3.8) is 0 Å². The fourth-order valence-electron chi connectivity index (χ4n) is 2.42. The lowest BCUT2D eigenvalue weighted by Crippen LogP contribution is -2.24. The van der Waals surface area contributed by atoms with Gasteiger partial charge in [0.15, 0.2) is 23.8 Å². The summed E-state index contributed by atoms with van der Waals surface area (Å²) in [5, 5.41) is 14.8. The molecule has 0 unspecified atom stereocenters. The first kappa shape index (κ1) is 36.9. The molecule has 0 saturated heterocycles. The van der Waals surface area contributed by atoms with Crippen LogP contribution in [0.15, 0.2) is 30.9 Å². The van der Waals surface area contributed by atoms with Crippen LogP contribution in [-0.2, 0) is 23.6 Å². The lowest BCUT2D eigenvalue weighted by molar-refractivity contribution is -0.105. The highest BCUT2D eigenvalue weighted by Crippen LogP contribution is 2.11. The molecule has 5 N–H and O–H groups in total. The maximum atomic E-state index is 11.9. The second kappa shape index (κ2) is 22.9. The van der Waals surface area contributed by atoms with Gasteiger partial charge in [0.1, 0.15) is 5.69 Å². The van der Waals surface area contributed by atoms with Gasteiger partial charge in [0.25, 0.3) is 11.8 Å². The molecular formula is C25H42N8O6. The maximum Gasteiger partial charge on any atom is 0.291 e. The number of hydrogen-bond acceptors (Lipinski definition) is 8. The van der Waals surface area contributed by atoms with Crippen molar-refractivity contribution in [2.24, 2.45) is 14.1 Å². The van der Waals surface area contributed by atoms with E-state index in [9.17, 15) is 19.2 Å². The van der Waals surface area contributed by atoms with Crippen molar-refractivity contribution in [3.8, 4) is 0 Å². The molecular weight excluding hydrogens is 508 g/mol. The van der Waals surface area contributed by atoms with Gasteiger partial charge in [-0.2, -0.15) is 0 Å². The van der Waals surface area contributed by atoms with E-state index in [4.69, 9.17) is 5.11 Å². The van der Waals surface area contributed by atoms with Crippen LogP contribution in [0.1, 0.15) is 65.8 Å². The molecule has 39 heavy (non-hydrogen) atoms. The molecule has 3 aromatic rings. The number of rotatable bonds is 9. The van der Waals surface area contributed by atoms with Crippen molar-refractivity contribution < 1.29 is 29.0 Å². The molecule has 0 aliphatic carbocycles. The van der Waals surface area contributed by atoms with E-state index in [1.54, 1.807) is 56.6 Å². The largest absolute Gasteiger partial charge is 0.400 e. The van der Waals surface area contributed by atoms with Gasteiger partial charge in [-0.3, -0.25) is 19.2 Å². The summed E-state index contributed by atoms with van der Waals surface area (Å²) in [4.78, 5) is 54.4. The molecule has 0 aliphatic heterocycles. The highest BCUT2D eigenvalue weighted by molar-refractivity contribution is 6.02. The number of carbonyl (C=O) groups is 4.